The summed E-state index contributed by atoms with van der Waals surface area (Å²) in [6.07, 6.45) is -0.333. The molecule has 0 radical (unpaired) electrons. The molecule has 0 atom stereocenters. The first-order chi connectivity index (χ1) is 23.0. The van der Waals surface area contributed by atoms with E-state index in [1.807, 2.05) is 24.3 Å². The van der Waals surface area contributed by atoms with Gasteiger partial charge in [0.25, 0.3) is 5.91 Å². The van der Waals surface area contributed by atoms with Gasteiger partial charge >= 0.3 is 6.18 Å². The van der Waals surface area contributed by atoms with Crippen LogP contribution in [0, 0.1) is 0 Å². The van der Waals surface area contributed by atoms with Crippen molar-refractivity contribution >= 4 is 39.3 Å². The Morgan fingerprint density at radius 2 is 1.62 bits per heavy atom. The van der Waals surface area contributed by atoms with Gasteiger partial charge < -0.3 is 10.2 Å². The van der Waals surface area contributed by atoms with Gasteiger partial charge in [-0.3, -0.25) is 14.2 Å². The number of fused-ring (bicyclic) bond motifs is 1. The minimum atomic E-state index is -4.60. The van der Waals surface area contributed by atoms with Crippen LogP contribution in [0.4, 0.5) is 18.9 Å². The second kappa shape index (κ2) is 14.1. The third kappa shape index (κ3) is 7.27. The molecule has 1 fully saturated rings. The second-order valence-electron chi connectivity index (χ2n) is 11.5. The fourth-order valence-electron chi connectivity index (χ4n) is 5.88. The molecular formula is C33H33F3N6O4S2. The second-order valence-corrected chi connectivity index (χ2v) is 14.4. The Kier molecular flexibility index (Phi) is 9.90. The molecule has 2 aliphatic heterocycles. The maximum Gasteiger partial charge on any atom is 0.416 e. The van der Waals surface area contributed by atoms with Gasteiger partial charge in [0.2, 0.25) is 15.9 Å². The third-order valence-electron chi connectivity index (χ3n) is 8.34. The summed E-state index contributed by atoms with van der Waals surface area (Å²) in [4.78, 5) is 28.2. The maximum atomic E-state index is 13.6. The number of alkyl halides is 3. The number of carbonyl (C=O) groups excluding carboxylic acids is 2. The van der Waals surface area contributed by atoms with Crippen molar-refractivity contribution in [3.05, 3.63) is 95.3 Å². The van der Waals surface area contributed by atoms with Crippen LogP contribution in [0.3, 0.4) is 0 Å². The van der Waals surface area contributed by atoms with Crippen LogP contribution in [-0.2, 0) is 34.0 Å². The van der Waals surface area contributed by atoms with Crippen LogP contribution in [-0.4, -0.2) is 64.7 Å². The highest BCUT2D eigenvalue weighted by atomic mass is 32.2. The molecule has 48 heavy (non-hydrogen) atoms. The smallest absolute Gasteiger partial charge is 0.345 e. The largest absolute Gasteiger partial charge is 0.416 e. The van der Waals surface area contributed by atoms with Gasteiger partial charge in [0, 0.05) is 30.9 Å². The minimum Gasteiger partial charge on any atom is -0.345 e. The van der Waals surface area contributed by atoms with Crippen molar-refractivity contribution in [3.63, 3.8) is 0 Å². The molecule has 1 aromatic heterocycles. The minimum absolute atomic E-state index is 0.0372. The van der Waals surface area contributed by atoms with Crippen LogP contribution >= 0.6 is 11.8 Å². The number of thioether (sulfide) groups is 1. The van der Waals surface area contributed by atoms with Gasteiger partial charge in [-0.05, 0) is 79.8 Å². The summed E-state index contributed by atoms with van der Waals surface area (Å²) in [6, 6.07) is 17.9. The summed E-state index contributed by atoms with van der Waals surface area (Å²) in [5.74, 6) is -0.606. The zero-order valence-corrected chi connectivity index (χ0v) is 27.5. The monoisotopic (exact) mass is 698 g/mol. The lowest BCUT2D eigenvalue weighted by molar-refractivity contribution is -0.137. The van der Waals surface area contributed by atoms with Crippen LogP contribution in [0.5, 0.6) is 0 Å². The molecule has 252 valence electrons. The molecule has 6 rings (SSSR count). The van der Waals surface area contributed by atoms with Crippen LogP contribution in [0.2, 0.25) is 0 Å². The van der Waals surface area contributed by atoms with E-state index in [9.17, 15) is 31.2 Å². The molecule has 4 aromatic rings. The SMILES string of the molecule is O=C(NCc1nnc(SCC(=O)N2CCCc3ccccc32)n1-c1cccc(C(F)(F)F)c1)c1ccc(S(=O)(=O)N2CCCCC2)cc1. The summed E-state index contributed by atoms with van der Waals surface area (Å²) in [7, 11) is -3.67. The zero-order chi connectivity index (χ0) is 33.9. The molecule has 3 aromatic carbocycles. The summed E-state index contributed by atoms with van der Waals surface area (Å²) >= 11 is 1.04. The van der Waals surface area contributed by atoms with Gasteiger partial charge in [-0.1, -0.05) is 42.4 Å². The quantitative estimate of drug-likeness (QED) is 0.231. The molecule has 0 spiro atoms. The van der Waals surface area contributed by atoms with Crippen LogP contribution in [0.15, 0.2) is 82.8 Å². The summed E-state index contributed by atoms with van der Waals surface area (Å²) in [5.41, 5.74) is 1.35. The lowest BCUT2D eigenvalue weighted by atomic mass is 10.0. The molecule has 0 unspecified atom stereocenters. The Morgan fingerprint density at radius 1 is 0.875 bits per heavy atom. The molecule has 0 bridgehead atoms. The Bertz CT molecular complexity index is 1910. The fourth-order valence-corrected chi connectivity index (χ4v) is 8.24. The van der Waals surface area contributed by atoms with Crippen molar-refractivity contribution in [3.8, 4) is 5.69 Å². The van der Waals surface area contributed by atoms with Crippen molar-refractivity contribution < 1.29 is 31.2 Å². The number of carbonyl (C=O) groups is 2. The van der Waals surface area contributed by atoms with Crippen LogP contribution in [0.1, 0.15) is 53.0 Å². The number of hydrogen-bond donors (Lipinski definition) is 1. The summed E-state index contributed by atoms with van der Waals surface area (Å²) < 4.78 is 69.8. The molecule has 0 aliphatic carbocycles. The number of aromatic nitrogens is 3. The Balaban J connectivity index is 1.20. The first kappa shape index (κ1) is 33.7. The van der Waals surface area contributed by atoms with Gasteiger partial charge in [0.05, 0.1) is 28.4 Å². The molecule has 1 N–H and O–H groups in total. The molecule has 10 nitrogen and oxygen atoms in total. The topological polar surface area (TPSA) is 117 Å². The van der Waals surface area contributed by atoms with E-state index in [1.54, 1.807) is 4.90 Å². The van der Waals surface area contributed by atoms with E-state index >= 15 is 0 Å². The standard InChI is InChI=1S/C33H33F3N6O4S2/c34-33(35,36)25-10-6-11-26(20-25)42-29(38-39-32(42)47-22-30(43)41-19-7-9-23-8-2-3-12-28(23)41)21-37-31(44)24-13-15-27(16-14-24)48(45,46)40-17-4-1-5-18-40/h2-3,6,8,10-16,20H,1,4-5,7,9,17-19,21-22H2,(H,37,44). The van der Waals surface area contributed by atoms with E-state index in [0.29, 0.717) is 19.6 Å². The lowest BCUT2D eigenvalue weighted by Gasteiger charge is -2.29. The number of halogens is 3. The number of piperidine rings is 1. The molecule has 3 heterocycles. The van der Waals surface area contributed by atoms with Gasteiger partial charge in [-0.2, -0.15) is 17.5 Å². The average molecular weight is 699 g/mol. The molecule has 2 amide bonds. The normalized spacial score (nSPS) is 15.6. The Hall–Kier alpha value is -4.21. The van der Waals surface area contributed by atoms with Crippen molar-refractivity contribution in [1.82, 2.24) is 24.4 Å². The number of anilines is 1. The van der Waals surface area contributed by atoms with Gasteiger partial charge in [-0.25, -0.2) is 8.42 Å². The highest BCUT2D eigenvalue weighted by Crippen LogP contribution is 2.33. The highest BCUT2D eigenvalue weighted by molar-refractivity contribution is 7.99. The molecule has 2 aliphatic rings. The van der Waals surface area contributed by atoms with Crippen molar-refractivity contribution in [2.75, 3.05) is 30.3 Å². The van der Waals surface area contributed by atoms with Gasteiger partial charge in [0.15, 0.2) is 11.0 Å². The van der Waals surface area contributed by atoms with Gasteiger partial charge in [-0.15, -0.1) is 10.2 Å². The number of hydrogen-bond acceptors (Lipinski definition) is 7. The predicted octanol–water partition coefficient (Wildman–Crippen LogP) is 5.46. The number of aryl methyl sites for hydroxylation is 1. The number of rotatable bonds is 9. The first-order valence-electron chi connectivity index (χ1n) is 15.5. The van der Waals surface area contributed by atoms with Crippen LogP contribution in [0.25, 0.3) is 5.69 Å². The molecule has 0 saturated carbocycles. The fraction of sp³-hybridized carbons (Fsp3) is 0.333. The Labute approximate surface area is 280 Å². The Morgan fingerprint density at radius 3 is 2.38 bits per heavy atom. The number of benzene rings is 3. The van der Waals surface area contributed by atoms with E-state index in [1.165, 1.54) is 45.3 Å². The zero-order valence-electron chi connectivity index (χ0n) is 25.8. The van der Waals surface area contributed by atoms with Crippen LogP contribution < -0.4 is 10.2 Å². The van der Waals surface area contributed by atoms with E-state index in [4.69, 9.17) is 0 Å². The third-order valence-corrected chi connectivity index (χ3v) is 11.2. The molecule has 15 heteroatoms. The summed E-state index contributed by atoms with van der Waals surface area (Å²) in [6.45, 7) is 1.26. The number of para-hydroxylation sites is 1. The van der Waals surface area contributed by atoms with E-state index < -0.39 is 27.7 Å². The molecular weight excluding hydrogens is 666 g/mol. The van der Waals surface area contributed by atoms with E-state index in [-0.39, 0.29) is 45.3 Å². The van der Waals surface area contributed by atoms with Crippen molar-refractivity contribution in [2.24, 2.45) is 0 Å². The van der Waals surface area contributed by atoms with Crippen molar-refractivity contribution in [1.29, 1.82) is 0 Å². The average Bonchev–Trinajstić information content (AvgIpc) is 3.52. The summed E-state index contributed by atoms with van der Waals surface area (Å²) in [5, 5.41) is 11.2. The lowest BCUT2D eigenvalue weighted by Crippen LogP contribution is -2.36. The maximum absolute atomic E-state index is 13.6. The number of nitrogens with zero attached hydrogens (tertiary/aromatic N) is 5. The van der Waals surface area contributed by atoms with Gasteiger partial charge in [0.1, 0.15) is 0 Å². The van der Waals surface area contributed by atoms with E-state index in [2.05, 4.69) is 15.5 Å². The number of sulfonamides is 1. The van der Waals surface area contributed by atoms with Crippen molar-refractivity contribution in [2.45, 2.75) is 54.9 Å². The predicted molar refractivity (Wildman–Crippen MR) is 174 cm³/mol. The first-order valence-corrected chi connectivity index (χ1v) is 18.0. The van der Waals surface area contributed by atoms with E-state index in [0.717, 1.165) is 67.2 Å². The number of nitrogens with one attached hydrogen (secondary N) is 1. The highest BCUT2D eigenvalue weighted by Gasteiger charge is 2.31. The number of amides is 2. The molecule has 1 saturated heterocycles.